The van der Waals surface area contributed by atoms with E-state index < -0.39 is 0 Å². The average molecular weight is 254 g/mol. The van der Waals surface area contributed by atoms with Crippen molar-refractivity contribution in [3.63, 3.8) is 0 Å². The maximum absolute atomic E-state index is 5.06. The summed E-state index contributed by atoms with van der Waals surface area (Å²) in [6.45, 7) is 14.5. The van der Waals surface area contributed by atoms with E-state index in [4.69, 9.17) is 4.74 Å². The molecule has 108 valence electrons. The Labute approximate surface area is 116 Å². The number of hydrogen-bond acceptors (Lipinski definition) is 1. The first-order chi connectivity index (χ1) is 8.78. The minimum Gasteiger partial charge on any atom is -0.497 e. The van der Waals surface area contributed by atoms with Crippen LogP contribution in [0.4, 0.5) is 0 Å². The van der Waals surface area contributed by atoms with Gasteiger partial charge < -0.3 is 4.74 Å². The molecule has 0 aliphatic rings. The topological polar surface area (TPSA) is 9.23 Å². The quantitative estimate of drug-likeness (QED) is 0.631. The van der Waals surface area contributed by atoms with E-state index in [-0.39, 0.29) is 0 Å². The van der Waals surface area contributed by atoms with E-state index in [1.807, 2.05) is 39.8 Å². The SMILES string of the molecule is CC.CC.CCCC.CCc1cccc(OC)c1. The molecule has 0 saturated carbocycles. The molecule has 0 aliphatic heterocycles. The molecular formula is C17H34O. The predicted molar refractivity (Wildman–Crippen MR) is 85.7 cm³/mol. The van der Waals surface area contributed by atoms with Crippen molar-refractivity contribution in [2.45, 2.75) is 67.7 Å². The van der Waals surface area contributed by atoms with Gasteiger partial charge in [-0.15, -0.1) is 0 Å². The van der Waals surface area contributed by atoms with Crippen molar-refractivity contribution in [1.82, 2.24) is 0 Å². The van der Waals surface area contributed by atoms with Crippen LogP contribution in [0.5, 0.6) is 5.75 Å². The first-order valence-electron chi connectivity index (χ1n) is 7.41. The van der Waals surface area contributed by atoms with Crippen LogP contribution < -0.4 is 4.74 Å². The number of hydrogen-bond donors (Lipinski definition) is 0. The summed E-state index contributed by atoms with van der Waals surface area (Å²) in [6.07, 6.45) is 3.71. The van der Waals surface area contributed by atoms with Gasteiger partial charge in [-0.1, -0.05) is 73.4 Å². The fraction of sp³-hybridized carbons (Fsp3) is 0.647. The van der Waals surface area contributed by atoms with E-state index in [0.717, 1.165) is 12.2 Å². The van der Waals surface area contributed by atoms with Crippen LogP contribution >= 0.6 is 0 Å². The molecule has 0 amide bonds. The Balaban J connectivity index is -0.000000238. The highest BCUT2D eigenvalue weighted by Crippen LogP contribution is 2.12. The number of rotatable bonds is 3. The third-order valence-electron chi connectivity index (χ3n) is 2.04. The van der Waals surface area contributed by atoms with Crippen molar-refractivity contribution in [2.24, 2.45) is 0 Å². The van der Waals surface area contributed by atoms with Crippen LogP contribution in [0.25, 0.3) is 0 Å². The molecule has 0 saturated heterocycles. The Morgan fingerprint density at radius 2 is 1.39 bits per heavy atom. The molecule has 1 heteroatoms. The molecule has 0 bridgehead atoms. The van der Waals surface area contributed by atoms with E-state index >= 15 is 0 Å². The molecule has 18 heavy (non-hydrogen) atoms. The molecular weight excluding hydrogens is 220 g/mol. The standard InChI is InChI=1S/C9H12O.C4H10.2C2H6/c1-3-8-5-4-6-9(7-8)10-2;1-3-4-2;2*1-2/h4-7H,3H2,1-2H3;3-4H2,1-2H3;2*1-2H3. The van der Waals surface area contributed by atoms with Crippen molar-refractivity contribution in [1.29, 1.82) is 0 Å². The summed E-state index contributed by atoms with van der Waals surface area (Å²) in [5.41, 5.74) is 1.32. The van der Waals surface area contributed by atoms with Crippen molar-refractivity contribution in [3.05, 3.63) is 29.8 Å². The van der Waals surface area contributed by atoms with Gasteiger partial charge in [-0.25, -0.2) is 0 Å². The number of benzene rings is 1. The third-order valence-corrected chi connectivity index (χ3v) is 2.04. The Kier molecular flexibility index (Phi) is 26.3. The molecule has 0 spiro atoms. The van der Waals surface area contributed by atoms with Crippen molar-refractivity contribution >= 4 is 0 Å². The predicted octanol–water partition coefficient (Wildman–Crippen LogP) is 6.12. The van der Waals surface area contributed by atoms with Crippen LogP contribution in [0.2, 0.25) is 0 Å². The van der Waals surface area contributed by atoms with Gasteiger partial charge in [0.05, 0.1) is 7.11 Å². The smallest absolute Gasteiger partial charge is 0.119 e. The molecule has 0 atom stereocenters. The summed E-state index contributed by atoms with van der Waals surface area (Å²) in [7, 11) is 1.69. The van der Waals surface area contributed by atoms with Gasteiger partial charge >= 0.3 is 0 Å². The second-order valence-electron chi connectivity index (χ2n) is 3.21. The highest BCUT2D eigenvalue weighted by Gasteiger charge is 1.90. The Morgan fingerprint density at radius 1 is 0.889 bits per heavy atom. The van der Waals surface area contributed by atoms with Gasteiger partial charge in [-0.2, -0.15) is 0 Å². The minimum absolute atomic E-state index is 0.944. The number of aryl methyl sites for hydroxylation is 1. The molecule has 1 aromatic carbocycles. The van der Waals surface area contributed by atoms with E-state index in [2.05, 4.69) is 32.9 Å². The fourth-order valence-corrected chi connectivity index (χ4v) is 0.892. The molecule has 0 unspecified atom stereocenters. The molecule has 0 fully saturated rings. The summed E-state index contributed by atoms with van der Waals surface area (Å²) in [5.74, 6) is 0.944. The minimum atomic E-state index is 0.944. The maximum atomic E-state index is 5.06. The van der Waals surface area contributed by atoms with Crippen molar-refractivity contribution in [2.75, 3.05) is 7.11 Å². The first kappa shape index (κ1) is 22.2. The van der Waals surface area contributed by atoms with Gasteiger partial charge in [0.2, 0.25) is 0 Å². The molecule has 0 heterocycles. The molecule has 1 aromatic rings. The van der Waals surface area contributed by atoms with Gasteiger partial charge in [0, 0.05) is 0 Å². The Bertz CT molecular complexity index is 210. The van der Waals surface area contributed by atoms with Crippen LogP contribution in [0.1, 0.15) is 66.9 Å². The summed E-state index contributed by atoms with van der Waals surface area (Å²) in [4.78, 5) is 0. The number of methoxy groups -OCH3 is 1. The lowest BCUT2D eigenvalue weighted by atomic mass is 10.2. The third kappa shape index (κ3) is 15.0. The lowest BCUT2D eigenvalue weighted by Gasteiger charge is -2.00. The highest BCUT2D eigenvalue weighted by molar-refractivity contribution is 5.28. The van der Waals surface area contributed by atoms with Crippen molar-refractivity contribution in [3.8, 4) is 5.75 Å². The molecule has 1 rings (SSSR count). The number of unbranched alkanes of at least 4 members (excludes halogenated alkanes) is 1. The molecule has 1 nitrogen and oxygen atoms in total. The van der Waals surface area contributed by atoms with E-state index in [9.17, 15) is 0 Å². The van der Waals surface area contributed by atoms with Crippen LogP contribution in [0, 0.1) is 0 Å². The normalized spacial score (nSPS) is 7.56. The zero-order valence-electron chi connectivity index (χ0n) is 13.8. The largest absolute Gasteiger partial charge is 0.497 e. The Morgan fingerprint density at radius 3 is 1.72 bits per heavy atom. The van der Waals surface area contributed by atoms with Gasteiger partial charge in [-0.05, 0) is 24.1 Å². The lowest BCUT2D eigenvalue weighted by molar-refractivity contribution is 0.414. The summed E-state index contributed by atoms with van der Waals surface area (Å²) in [6, 6.07) is 8.12. The summed E-state index contributed by atoms with van der Waals surface area (Å²) >= 11 is 0. The average Bonchev–Trinajstić information content (AvgIpc) is 2.51. The highest BCUT2D eigenvalue weighted by atomic mass is 16.5. The van der Waals surface area contributed by atoms with Crippen LogP contribution in [-0.2, 0) is 6.42 Å². The zero-order valence-corrected chi connectivity index (χ0v) is 13.8. The molecule has 0 radical (unpaired) electrons. The van der Waals surface area contributed by atoms with E-state index in [1.165, 1.54) is 18.4 Å². The van der Waals surface area contributed by atoms with Crippen LogP contribution in [0.3, 0.4) is 0 Å². The van der Waals surface area contributed by atoms with Gasteiger partial charge in [-0.3, -0.25) is 0 Å². The van der Waals surface area contributed by atoms with E-state index in [0.29, 0.717) is 0 Å². The van der Waals surface area contributed by atoms with Gasteiger partial charge in [0.25, 0.3) is 0 Å². The summed E-state index contributed by atoms with van der Waals surface area (Å²) in [5, 5.41) is 0. The second-order valence-corrected chi connectivity index (χ2v) is 3.21. The first-order valence-corrected chi connectivity index (χ1v) is 7.41. The zero-order chi connectivity index (χ0) is 14.8. The van der Waals surface area contributed by atoms with E-state index in [1.54, 1.807) is 7.11 Å². The lowest BCUT2D eigenvalue weighted by Crippen LogP contribution is -1.84. The van der Waals surface area contributed by atoms with Crippen molar-refractivity contribution < 1.29 is 4.74 Å². The second kappa shape index (κ2) is 21.3. The molecule has 0 N–H and O–H groups in total. The fourth-order valence-electron chi connectivity index (χ4n) is 0.892. The van der Waals surface area contributed by atoms with Gasteiger partial charge in [0.1, 0.15) is 5.75 Å². The van der Waals surface area contributed by atoms with Crippen LogP contribution in [0.15, 0.2) is 24.3 Å². The monoisotopic (exact) mass is 254 g/mol. The Hall–Kier alpha value is -0.980. The number of ether oxygens (including phenoxy) is 1. The molecule has 0 aromatic heterocycles. The summed E-state index contributed by atoms with van der Waals surface area (Å²) < 4.78 is 5.06. The van der Waals surface area contributed by atoms with Gasteiger partial charge in [0.15, 0.2) is 0 Å². The molecule has 0 aliphatic carbocycles. The van der Waals surface area contributed by atoms with Crippen LogP contribution in [-0.4, -0.2) is 7.11 Å². The maximum Gasteiger partial charge on any atom is 0.119 e.